The average Bonchev–Trinajstić information content (AvgIpc) is 2.91. The predicted molar refractivity (Wildman–Crippen MR) is 78.3 cm³/mol. The Balaban J connectivity index is 1.75. The van der Waals surface area contributed by atoms with Gasteiger partial charge in [-0.3, -0.25) is 4.90 Å². The zero-order valence-electron chi connectivity index (χ0n) is 13.2. The summed E-state index contributed by atoms with van der Waals surface area (Å²) in [5.41, 5.74) is -0.0966. The molecule has 0 amide bonds. The van der Waals surface area contributed by atoms with Crippen molar-refractivity contribution in [2.24, 2.45) is 11.8 Å². The molecule has 4 unspecified atom stereocenters. The van der Waals surface area contributed by atoms with Gasteiger partial charge in [-0.2, -0.15) is 0 Å². The van der Waals surface area contributed by atoms with E-state index in [-0.39, 0.29) is 11.2 Å². The highest BCUT2D eigenvalue weighted by Gasteiger charge is 2.54. The Morgan fingerprint density at radius 1 is 1.16 bits per heavy atom. The minimum absolute atomic E-state index is 0.0288. The molecule has 0 aromatic heterocycles. The van der Waals surface area contributed by atoms with E-state index in [2.05, 4.69) is 45.0 Å². The van der Waals surface area contributed by atoms with Gasteiger partial charge in [0.1, 0.15) is 0 Å². The number of rotatable bonds is 3. The van der Waals surface area contributed by atoms with Crippen molar-refractivity contribution in [1.29, 1.82) is 0 Å². The summed E-state index contributed by atoms with van der Waals surface area (Å²) in [6, 6.07) is 1.31. The first-order chi connectivity index (χ1) is 8.83. The molecule has 0 radical (unpaired) electrons. The van der Waals surface area contributed by atoms with Gasteiger partial charge in [-0.15, -0.1) is 0 Å². The molecule has 2 aliphatic heterocycles. The van der Waals surface area contributed by atoms with Crippen LogP contribution in [0, 0.1) is 11.8 Å². The van der Waals surface area contributed by atoms with Crippen molar-refractivity contribution in [3.63, 3.8) is 0 Å². The van der Waals surface area contributed by atoms with Gasteiger partial charge in [0.05, 0.1) is 11.2 Å². The van der Waals surface area contributed by atoms with Crippen molar-refractivity contribution >= 4 is 0 Å². The normalized spacial score (nSPS) is 44.1. The first kappa shape index (κ1) is 13.8. The van der Waals surface area contributed by atoms with Crippen molar-refractivity contribution < 1.29 is 4.74 Å². The van der Waals surface area contributed by atoms with Crippen molar-refractivity contribution in [1.82, 2.24) is 10.2 Å². The smallest absolute Gasteiger partial charge is 0.0790 e. The third kappa shape index (κ3) is 2.24. The Kier molecular flexibility index (Phi) is 3.23. The lowest BCUT2D eigenvalue weighted by Crippen LogP contribution is -2.50. The molecule has 4 atom stereocenters. The van der Waals surface area contributed by atoms with Gasteiger partial charge in [0.25, 0.3) is 0 Å². The minimum Gasteiger partial charge on any atom is -0.368 e. The van der Waals surface area contributed by atoms with E-state index in [1.54, 1.807) is 0 Å². The van der Waals surface area contributed by atoms with Crippen molar-refractivity contribution in [2.75, 3.05) is 20.1 Å². The maximum Gasteiger partial charge on any atom is 0.0790 e. The first-order valence-corrected chi connectivity index (χ1v) is 7.95. The van der Waals surface area contributed by atoms with Gasteiger partial charge in [0, 0.05) is 31.1 Å². The van der Waals surface area contributed by atoms with Gasteiger partial charge in [-0.1, -0.05) is 0 Å². The number of hydrogen-bond donors (Lipinski definition) is 1. The molecule has 0 aromatic carbocycles. The second-order valence-electron chi connectivity index (χ2n) is 7.97. The molecule has 2 heterocycles. The van der Waals surface area contributed by atoms with Crippen molar-refractivity contribution in [3.05, 3.63) is 0 Å². The van der Waals surface area contributed by atoms with E-state index in [1.807, 2.05) is 0 Å². The summed E-state index contributed by atoms with van der Waals surface area (Å²) in [6.45, 7) is 11.5. The quantitative estimate of drug-likeness (QED) is 0.848. The summed E-state index contributed by atoms with van der Waals surface area (Å²) >= 11 is 0. The van der Waals surface area contributed by atoms with Crippen molar-refractivity contribution in [2.45, 2.75) is 70.2 Å². The third-order valence-electron chi connectivity index (χ3n) is 5.84. The number of piperidine rings is 1. The number of hydrogen-bond acceptors (Lipinski definition) is 3. The molecular weight excluding hydrogens is 236 g/mol. The summed E-state index contributed by atoms with van der Waals surface area (Å²) in [4.78, 5) is 2.75. The molecule has 3 heteroatoms. The van der Waals surface area contributed by atoms with E-state index < -0.39 is 0 Å². The molecule has 2 saturated heterocycles. The summed E-state index contributed by atoms with van der Waals surface area (Å²) in [5, 5.41) is 3.53. The highest BCUT2D eigenvalue weighted by molar-refractivity contribution is 5.07. The standard InChI is InChI=1S/C16H30N2O/c1-15(2)13(14(17-5)16(3,4)19-15)10-18-9-11-6-7-12(18)8-11/h11-14,17H,6-10H2,1-5H3. The molecule has 1 saturated carbocycles. The van der Waals surface area contributed by atoms with Crippen LogP contribution in [0.5, 0.6) is 0 Å². The molecule has 3 fully saturated rings. The zero-order valence-corrected chi connectivity index (χ0v) is 13.2. The third-order valence-corrected chi connectivity index (χ3v) is 5.84. The number of ether oxygens (including phenoxy) is 1. The van der Waals surface area contributed by atoms with Gasteiger partial charge in [-0.05, 0) is 59.9 Å². The summed E-state index contributed by atoms with van der Waals surface area (Å²) in [7, 11) is 2.08. The van der Waals surface area contributed by atoms with Crippen LogP contribution in [0.15, 0.2) is 0 Å². The van der Waals surface area contributed by atoms with E-state index in [4.69, 9.17) is 4.74 Å². The Hall–Kier alpha value is -0.120. The van der Waals surface area contributed by atoms with Crippen LogP contribution in [0.3, 0.4) is 0 Å². The summed E-state index contributed by atoms with van der Waals surface area (Å²) in [5.74, 6) is 1.56. The lowest BCUT2D eigenvalue weighted by Gasteiger charge is -2.36. The van der Waals surface area contributed by atoms with Gasteiger partial charge < -0.3 is 10.1 Å². The van der Waals surface area contributed by atoms with E-state index in [0.717, 1.165) is 12.0 Å². The molecule has 3 rings (SSSR count). The van der Waals surface area contributed by atoms with Crippen molar-refractivity contribution in [3.8, 4) is 0 Å². The fraction of sp³-hybridized carbons (Fsp3) is 1.00. The largest absolute Gasteiger partial charge is 0.368 e. The molecule has 0 aromatic rings. The Morgan fingerprint density at radius 2 is 1.89 bits per heavy atom. The molecule has 1 N–H and O–H groups in total. The highest BCUT2D eigenvalue weighted by atomic mass is 16.5. The van der Waals surface area contributed by atoms with E-state index >= 15 is 0 Å². The molecule has 2 bridgehead atoms. The zero-order chi connectivity index (χ0) is 13.8. The molecular formula is C16H30N2O. The Labute approximate surface area is 118 Å². The maximum atomic E-state index is 6.35. The van der Waals surface area contributed by atoms with Crippen LogP contribution < -0.4 is 5.32 Å². The SMILES string of the molecule is CNC1C(CN2CC3CCC2C3)C(C)(C)OC1(C)C. The van der Waals surface area contributed by atoms with Crippen LogP contribution in [0.25, 0.3) is 0 Å². The lowest BCUT2D eigenvalue weighted by molar-refractivity contribution is -0.0798. The second-order valence-corrected chi connectivity index (χ2v) is 7.97. The number of nitrogens with zero attached hydrogens (tertiary/aromatic N) is 1. The van der Waals surface area contributed by atoms with Crippen LogP contribution in [-0.4, -0.2) is 48.3 Å². The van der Waals surface area contributed by atoms with Crippen LogP contribution >= 0.6 is 0 Å². The van der Waals surface area contributed by atoms with Crippen LogP contribution in [0.1, 0.15) is 47.0 Å². The molecule has 19 heavy (non-hydrogen) atoms. The number of likely N-dealkylation sites (N-methyl/N-ethyl adjacent to an activating group) is 1. The van der Waals surface area contributed by atoms with Gasteiger partial charge in [0.15, 0.2) is 0 Å². The fourth-order valence-electron chi connectivity index (χ4n) is 5.08. The number of likely N-dealkylation sites (tertiary alicyclic amines) is 1. The maximum absolute atomic E-state index is 6.35. The molecule has 3 aliphatic rings. The number of nitrogens with one attached hydrogen (secondary N) is 1. The molecule has 0 spiro atoms. The Morgan fingerprint density at radius 3 is 2.42 bits per heavy atom. The Bertz CT molecular complexity index is 353. The predicted octanol–water partition coefficient (Wildman–Crippen LogP) is 2.26. The molecule has 110 valence electrons. The highest BCUT2D eigenvalue weighted by Crippen LogP contribution is 2.45. The second kappa shape index (κ2) is 4.44. The topological polar surface area (TPSA) is 24.5 Å². The summed E-state index contributed by atoms with van der Waals surface area (Å²) in [6.07, 6.45) is 4.33. The fourth-order valence-corrected chi connectivity index (χ4v) is 5.08. The van der Waals surface area contributed by atoms with Crippen LogP contribution in [0.2, 0.25) is 0 Å². The van der Waals surface area contributed by atoms with Gasteiger partial charge >= 0.3 is 0 Å². The lowest BCUT2D eigenvalue weighted by atomic mass is 9.82. The minimum atomic E-state index is -0.0678. The van der Waals surface area contributed by atoms with E-state index in [0.29, 0.717) is 12.0 Å². The molecule has 1 aliphatic carbocycles. The molecule has 3 nitrogen and oxygen atoms in total. The van der Waals surface area contributed by atoms with E-state index in [1.165, 1.54) is 32.4 Å². The van der Waals surface area contributed by atoms with Gasteiger partial charge in [0.2, 0.25) is 0 Å². The average molecular weight is 266 g/mol. The monoisotopic (exact) mass is 266 g/mol. The summed E-state index contributed by atoms with van der Waals surface area (Å²) < 4.78 is 6.35. The van der Waals surface area contributed by atoms with Gasteiger partial charge in [-0.25, -0.2) is 0 Å². The van der Waals surface area contributed by atoms with Crippen LogP contribution in [0.4, 0.5) is 0 Å². The van der Waals surface area contributed by atoms with E-state index in [9.17, 15) is 0 Å². The first-order valence-electron chi connectivity index (χ1n) is 7.95. The van der Waals surface area contributed by atoms with Crippen LogP contribution in [-0.2, 0) is 4.74 Å². The number of fused-ring (bicyclic) bond motifs is 2.